The van der Waals surface area contributed by atoms with Gasteiger partial charge in [-0.25, -0.2) is 0 Å². The predicted molar refractivity (Wildman–Crippen MR) is 57.5 cm³/mol. The van der Waals surface area contributed by atoms with Crippen molar-refractivity contribution < 1.29 is 14.1 Å². The van der Waals surface area contributed by atoms with Gasteiger partial charge in [0.25, 0.3) is 0 Å². The van der Waals surface area contributed by atoms with E-state index >= 15 is 0 Å². The van der Waals surface area contributed by atoms with Crippen LogP contribution in [0.2, 0.25) is 0 Å². The first-order chi connectivity index (χ1) is 6.58. The van der Waals surface area contributed by atoms with E-state index in [4.69, 9.17) is 5.11 Å². The minimum atomic E-state index is -1.26. The molecule has 2 atom stereocenters. The van der Waals surface area contributed by atoms with Crippen LogP contribution in [0.1, 0.15) is 20.8 Å². The highest BCUT2D eigenvalue weighted by atomic mass is 32.2. The Hall–Kier alpha value is -0.420. The van der Waals surface area contributed by atoms with Crippen LogP contribution in [0.15, 0.2) is 0 Å². The molecule has 0 heterocycles. The van der Waals surface area contributed by atoms with E-state index in [0.29, 0.717) is 13.1 Å². The Bertz CT molecular complexity index is 204. The molecule has 0 aromatic carbocycles. The first-order valence-electron chi connectivity index (χ1n) is 4.85. The molecule has 0 bridgehead atoms. The summed E-state index contributed by atoms with van der Waals surface area (Å²) in [6.07, 6.45) is 0. The fourth-order valence-corrected chi connectivity index (χ4v) is 2.08. The average molecular weight is 221 g/mol. The van der Waals surface area contributed by atoms with Crippen LogP contribution in [0.4, 0.5) is 0 Å². The fourth-order valence-electron chi connectivity index (χ4n) is 1.17. The number of aliphatic hydroxyl groups is 1. The van der Waals surface area contributed by atoms with Crippen LogP contribution >= 0.6 is 0 Å². The van der Waals surface area contributed by atoms with Gasteiger partial charge in [-0.1, -0.05) is 0 Å². The van der Waals surface area contributed by atoms with Crippen molar-refractivity contribution in [2.75, 3.05) is 25.4 Å². The number of amides is 1. The van der Waals surface area contributed by atoms with Crippen molar-refractivity contribution in [3.8, 4) is 0 Å². The number of carbonyl (C=O) groups excluding carboxylic acids is 1. The van der Waals surface area contributed by atoms with E-state index in [1.54, 1.807) is 11.8 Å². The van der Waals surface area contributed by atoms with Crippen LogP contribution in [0.5, 0.6) is 0 Å². The Balaban J connectivity index is 4.29. The number of hydrogen-bond donors (Lipinski definition) is 1. The quantitative estimate of drug-likeness (QED) is 0.686. The number of hydrogen-bond acceptors (Lipinski definition) is 3. The number of aliphatic hydroxyl groups excluding tert-OH is 1. The maximum atomic E-state index is 11.7. The molecule has 0 aromatic heterocycles. The summed E-state index contributed by atoms with van der Waals surface area (Å²) in [4.78, 5) is 13.3. The minimum Gasteiger partial charge on any atom is -0.395 e. The summed E-state index contributed by atoms with van der Waals surface area (Å²) in [5, 5.41) is 8.09. The average Bonchev–Trinajstić information content (AvgIpc) is 2.18. The number of nitrogens with zero attached hydrogens (tertiary/aromatic N) is 1. The largest absolute Gasteiger partial charge is 0.395 e. The summed E-state index contributed by atoms with van der Waals surface area (Å²) in [6.45, 7) is 6.56. The Morgan fingerprint density at radius 3 is 2.29 bits per heavy atom. The molecular weight excluding hydrogens is 202 g/mol. The minimum absolute atomic E-state index is 0.0956. The standard InChI is InChI=1S/C9H19NO3S/c1-4-10(5-2)9(12)8(3)14(13)7-6-11/h8,11H,4-7H2,1-3H3. The van der Waals surface area contributed by atoms with Gasteiger partial charge in [0.1, 0.15) is 5.25 Å². The summed E-state index contributed by atoms with van der Waals surface area (Å²) in [7, 11) is -1.26. The topological polar surface area (TPSA) is 57.6 Å². The molecule has 0 aliphatic heterocycles. The molecule has 14 heavy (non-hydrogen) atoms. The summed E-state index contributed by atoms with van der Waals surface area (Å²) >= 11 is 0. The highest BCUT2D eigenvalue weighted by Gasteiger charge is 2.22. The zero-order valence-corrected chi connectivity index (χ0v) is 9.84. The highest BCUT2D eigenvalue weighted by Crippen LogP contribution is 2.02. The van der Waals surface area contributed by atoms with E-state index in [9.17, 15) is 9.00 Å². The van der Waals surface area contributed by atoms with Crippen molar-refractivity contribution in [2.45, 2.75) is 26.0 Å². The summed E-state index contributed by atoms with van der Waals surface area (Å²) < 4.78 is 11.4. The molecule has 0 rings (SSSR count). The molecule has 1 N–H and O–H groups in total. The summed E-state index contributed by atoms with van der Waals surface area (Å²) in [5.41, 5.74) is 0. The van der Waals surface area contributed by atoms with Crippen molar-refractivity contribution in [3.05, 3.63) is 0 Å². The molecule has 0 fully saturated rings. The van der Waals surface area contributed by atoms with Gasteiger partial charge in [-0.3, -0.25) is 9.00 Å². The van der Waals surface area contributed by atoms with Crippen LogP contribution in [-0.4, -0.2) is 50.8 Å². The number of rotatable bonds is 6. The van der Waals surface area contributed by atoms with Crippen molar-refractivity contribution in [2.24, 2.45) is 0 Å². The lowest BCUT2D eigenvalue weighted by molar-refractivity contribution is -0.129. The first kappa shape index (κ1) is 13.6. The van der Waals surface area contributed by atoms with E-state index in [1.807, 2.05) is 13.8 Å². The monoisotopic (exact) mass is 221 g/mol. The second-order valence-electron chi connectivity index (χ2n) is 2.96. The SMILES string of the molecule is CCN(CC)C(=O)C(C)S(=O)CCO. The molecule has 4 nitrogen and oxygen atoms in total. The Morgan fingerprint density at radius 2 is 1.93 bits per heavy atom. The molecule has 0 aliphatic carbocycles. The third-order valence-corrected chi connectivity index (χ3v) is 3.68. The van der Waals surface area contributed by atoms with Crippen LogP contribution in [0.3, 0.4) is 0 Å². The lowest BCUT2D eigenvalue weighted by atomic mass is 10.4. The van der Waals surface area contributed by atoms with Crippen LogP contribution in [-0.2, 0) is 15.6 Å². The van der Waals surface area contributed by atoms with Crippen molar-refractivity contribution >= 4 is 16.7 Å². The highest BCUT2D eigenvalue weighted by molar-refractivity contribution is 7.86. The maximum Gasteiger partial charge on any atom is 0.238 e. The van der Waals surface area contributed by atoms with Gasteiger partial charge in [0.2, 0.25) is 5.91 Å². The molecule has 0 aliphatic rings. The van der Waals surface area contributed by atoms with Gasteiger partial charge in [-0.2, -0.15) is 0 Å². The predicted octanol–water partition coefficient (Wildman–Crippen LogP) is -0.0157. The molecule has 0 radical (unpaired) electrons. The van der Waals surface area contributed by atoms with E-state index < -0.39 is 16.0 Å². The maximum absolute atomic E-state index is 11.7. The normalized spacial score (nSPS) is 14.9. The zero-order chi connectivity index (χ0) is 11.1. The van der Waals surface area contributed by atoms with Crippen molar-refractivity contribution in [1.82, 2.24) is 4.90 Å². The van der Waals surface area contributed by atoms with E-state index in [1.165, 1.54) is 0 Å². The second-order valence-corrected chi connectivity index (χ2v) is 4.84. The van der Waals surface area contributed by atoms with Crippen molar-refractivity contribution in [3.63, 3.8) is 0 Å². The van der Waals surface area contributed by atoms with E-state index in [2.05, 4.69) is 0 Å². The molecule has 1 amide bonds. The van der Waals surface area contributed by atoms with Gasteiger partial charge in [-0.05, 0) is 20.8 Å². The summed E-state index contributed by atoms with van der Waals surface area (Å²) in [5.74, 6) is 0.0792. The fraction of sp³-hybridized carbons (Fsp3) is 0.889. The summed E-state index contributed by atoms with van der Waals surface area (Å²) in [6, 6.07) is 0. The molecule has 84 valence electrons. The zero-order valence-electron chi connectivity index (χ0n) is 9.02. The first-order valence-corrected chi connectivity index (χ1v) is 6.23. The van der Waals surface area contributed by atoms with Crippen LogP contribution < -0.4 is 0 Å². The molecular formula is C9H19NO3S. The third-order valence-electron chi connectivity index (χ3n) is 2.11. The van der Waals surface area contributed by atoms with Gasteiger partial charge in [0.15, 0.2) is 0 Å². The third kappa shape index (κ3) is 3.75. The van der Waals surface area contributed by atoms with E-state index in [-0.39, 0.29) is 18.3 Å². The molecule has 0 spiro atoms. The van der Waals surface area contributed by atoms with Crippen molar-refractivity contribution in [1.29, 1.82) is 0 Å². The van der Waals surface area contributed by atoms with Gasteiger partial charge < -0.3 is 10.0 Å². The lowest BCUT2D eigenvalue weighted by Crippen LogP contribution is -2.40. The Morgan fingerprint density at radius 1 is 1.43 bits per heavy atom. The number of carbonyl (C=O) groups is 1. The molecule has 0 aromatic rings. The Kier molecular flexibility index (Phi) is 6.74. The van der Waals surface area contributed by atoms with Gasteiger partial charge in [0.05, 0.1) is 6.61 Å². The van der Waals surface area contributed by atoms with Gasteiger partial charge in [0, 0.05) is 29.6 Å². The molecule has 2 unspecified atom stereocenters. The molecule has 0 saturated carbocycles. The van der Waals surface area contributed by atoms with Gasteiger partial charge >= 0.3 is 0 Å². The second kappa shape index (κ2) is 6.95. The smallest absolute Gasteiger partial charge is 0.238 e. The molecule has 0 saturated heterocycles. The van der Waals surface area contributed by atoms with Crippen LogP contribution in [0.25, 0.3) is 0 Å². The molecule has 5 heteroatoms. The van der Waals surface area contributed by atoms with E-state index in [0.717, 1.165) is 0 Å². The van der Waals surface area contributed by atoms with Crippen LogP contribution in [0, 0.1) is 0 Å². The Labute approximate surface area is 87.7 Å². The van der Waals surface area contributed by atoms with Gasteiger partial charge in [-0.15, -0.1) is 0 Å². The lowest BCUT2D eigenvalue weighted by Gasteiger charge is -2.22.